The third-order valence-corrected chi connectivity index (χ3v) is 4.55. The van der Waals surface area contributed by atoms with Gasteiger partial charge < -0.3 is 20.2 Å². The molecule has 1 aliphatic rings. The van der Waals surface area contributed by atoms with Gasteiger partial charge in [-0.3, -0.25) is 14.4 Å². The number of aliphatic carboxylic acids is 1. The molecule has 1 aliphatic carbocycles. The van der Waals surface area contributed by atoms with Crippen molar-refractivity contribution in [3.63, 3.8) is 0 Å². The molecular weight excluding hydrogens is 324 g/mol. The molecule has 0 spiro atoms. The maximum absolute atomic E-state index is 12.4. The highest BCUT2D eigenvalue weighted by atomic mass is 16.4. The highest BCUT2D eigenvalue weighted by molar-refractivity contribution is 6.05. The van der Waals surface area contributed by atoms with Crippen LogP contribution in [0.4, 0.5) is 11.4 Å². The molecule has 1 fully saturated rings. The molecule has 0 bridgehead atoms. The maximum atomic E-state index is 12.4. The van der Waals surface area contributed by atoms with Gasteiger partial charge in [0.25, 0.3) is 5.91 Å². The minimum absolute atomic E-state index is 0.327. The summed E-state index contributed by atoms with van der Waals surface area (Å²) in [7, 11) is 0. The minimum Gasteiger partial charge on any atom is -0.481 e. The van der Waals surface area contributed by atoms with Crippen molar-refractivity contribution >= 4 is 29.2 Å². The van der Waals surface area contributed by atoms with Crippen molar-refractivity contribution in [3.05, 3.63) is 48.4 Å². The van der Waals surface area contributed by atoms with Crippen LogP contribution in [0.15, 0.2) is 47.3 Å². The smallest absolute Gasteiger partial charge is 0.307 e. The first kappa shape index (κ1) is 16.8. The first-order valence-electron chi connectivity index (χ1n) is 7.78. The Hall–Kier alpha value is -3.09. The Kier molecular flexibility index (Phi) is 4.08. The number of nitrogens with one attached hydrogen (secondary N) is 2. The van der Waals surface area contributed by atoms with E-state index in [1.54, 1.807) is 44.2 Å². The Morgan fingerprint density at radius 2 is 1.76 bits per heavy atom. The van der Waals surface area contributed by atoms with Crippen molar-refractivity contribution in [3.8, 4) is 0 Å². The number of hydrogen-bond donors (Lipinski definition) is 3. The summed E-state index contributed by atoms with van der Waals surface area (Å²) < 4.78 is 4.87. The zero-order chi connectivity index (χ0) is 18.2. The van der Waals surface area contributed by atoms with Crippen LogP contribution in [0.5, 0.6) is 0 Å². The van der Waals surface area contributed by atoms with Crippen molar-refractivity contribution in [1.82, 2.24) is 0 Å². The maximum Gasteiger partial charge on any atom is 0.307 e. The van der Waals surface area contributed by atoms with Crippen LogP contribution in [0.2, 0.25) is 0 Å². The van der Waals surface area contributed by atoms with Crippen LogP contribution >= 0.6 is 0 Å². The molecule has 2 amide bonds. The number of amides is 2. The standard InChI is InChI=1S/C18H18N2O5/c1-18(2)13(14(18)17(23)24)16(22)20-12-5-3-4-11(8-12)19-15(21)10-6-7-25-9-10/h3-9,13-14H,1-2H3,(H,19,21)(H,20,22)(H,23,24)/t13-,14+/m1/s1. The lowest BCUT2D eigenvalue weighted by atomic mass is 10.1. The summed E-state index contributed by atoms with van der Waals surface area (Å²) in [4.78, 5) is 35.6. The first-order chi connectivity index (χ1) is 11.8. The summed E-state index contributed by atoms with van der Waals surface area (Å²) in [6.45, 7) is 3.52. The number of benzene rings is 1. The van der Waals surface area contributed by atoms with E-state index in [-0.39, 0.29) is 11.8 Å². The lowest BCUT2D eigenvalue weighted by molar-refractivity contribution is -0.140. The Morgan fingerprint density at radius 3 is 2.32 bits per heavy atom. The molecule has 130 valence electrons. The highest BCUT2D eigenvalue weighted by Gasteiger charge is 2.65. The molecule has 1 saturated carbocycles. The molecule has 2 atom stereocenters. The van der Waals surface area contributed by atoms with Gasteiger partial charge in [0.2, 0.25) is 5.91 Å². The number of anilines is 2. The van der Waals surface area contributed by atoms with Gasteiger partial charge in [-0.1, -0.05) is 19.9 Å². The van der Waals surface area contributed by atoms with E-state index in [2.05, 4.69) is 10.6 Å². The number of carboxylic acid groups (broad SMARTS) is 1. The number of hydrogen-bond acceptors (Lipinski definition) is 4. The Labute approximate surface area is 144 Å². The molecule has 2 aromatic rings. The van der Waals surface area contributed by atoms with Crippen molar-refractivity contribution < 1.29 is 23.9 Å². The molecule has 0 aliphatic heterocycles. The van der Waals surface area contributed by atoms with Gasteiger partial charge in [-0.15, -0.1) is 0 Å². The number of carboxylic acids is 1. The van der Waals surface area contributed by atoms with E-state index in [1.165, 1.54) is 12.5 Å². The van der Waals surface area contributed by atoms with Crippen LogP contribution in [0.25, 0.3) is 0 Å². The Balaban J connectivity index is 1.67. The molecule has 25 heavy (non-hydrogen) atoms. The van der Waals surface area contributed by atoms with Crippen molar-refractivity contribution in [2.45, 2.75) is 13.8 Å². The average molecular weight is 342 g/mol. The first-order valence-corrected chi connectivity index (χ1v) is 7.78. The van der Waals surface area contributed by atoms with E-state index in [0.717, 1.165) is 0 Å². The summed E-state index contributed by atoms with van der Waals surface area (Å²) in [5.74, 6) is -2.89. The van der Waals surface area contributed by atoms with Gasteiger partial charge in [0.15, 0.2) is 0 Å². The summed E-state index contributed by atoms with van der Waals surface area (Å²) in [5.41, 5.74) is 0.817. The fourth-order valence-electron chi connectivity index (χ4n) is 3.08. The molecule has 0 radical (unpaired) electrons. The van der Waals surface area contributed by atoms with Gasteiger partial charge in [0, 0.05) is 11.4 Å². The summed E-state index contributed by atoms with van der Waals surface area (Å²) in [6.07, 6.45) is 2.74. The summed E-state index contributed by atoms with van der Waals surface area (Å²) >= 11 is 0. The predicted molar refractivity (Wildman–Crippen MR) is 90.1 cm³/mol. The molecule has 7 nitrogen and oxygen atoms in total. The van der Waals surface area contributed by atoms with Gasteiger partial charge in [-0.25, -0.2) is 0 Å². The fraction of sp³-hybridized carbons (Fsp3) is 0.278. The topological polar surface area (TPSA) is 109 Å². The van der Waals surface area contributed by atoms with E-state index in [0.29, 0.717) is 16.9 Å². The third kappa shape index (κ3) is 3.26. The Morgan fingerprint density at radius 1 is 1.08 bits per heavy atom. The van der Waals surface area contributed by atoms with E-state index in [1.807, 2.05) is 0 Å². The lowest BCUT2D eigenvalue weighted by Gasteiger charge is -2.09. The largest absolute Gasteiger partial charge is 0.481 e. The lowest BCUT2D eigenvalue weighted by Crippen LogP contribution is -2.18. The summed E-state index contributed by atoms with van der Waals surface area (Å²) in [5, 5.41) is 14.6. The van der Waals surface area contributed by atoms with Crippen LogP contribution in [0.3, 0.4) is 0 Å². The molecule has 1 aromatic carbocycles. The molecular formula is C18H18N2O5. The van der Waals surface area contributed by atoms with Crippen molar-refractivity contribution in [1.29, 1.82) is 0 Å². The van der Waals surface area contributed by atoms with Gasteiger partial charge >= 0.3 is 5.97 Å². The van der Waals surface area contributed by atoms with Crippen LogP contribution in [-0.2, 0) is 9.59 Å². The summed E-state index contributed by atoms with van der Waals surface area (Å²) in [6, 6.07) is 8.21. The number of furan rings is 1. The van der Waals surface area contributed by atoms with Gasteiger partial charge in [0.05, 0.1) is 23.7 Å². The van der Waals surface area contributed by atoms with Crippen molar-refractivity contribution in [2.75, 3.05) is 10.6 Å². The Bertz CT molecular complexity index is 826. The monoisotopic (exact) mass is 342 g/mol. The molecule has 1 heterocycles. The van der Waals surface area contributed by atoms with E-state index >= 15 is 0 Å². The second-order valence-corrected chi connectivity index (χ2v) is 6.65. The predicted octanol–water partition coefficient (Wildman–Crippen LogP) is 2.83. The second kappa shape index (κ2) is 6.08. The van der Waals surface area contributed by atoms with Gasteiger partial charge in [-0.2, -0.15) is 0 Å². The van der Waals surface area contributed by atoms with Crippen LogP contribution in [-0.4, -0.2) is 22.9 Å². The zero-order valence-corrected chi connectivity index (χ0v) is 13.8. The van der Waals surface area contributed by atoms with E-state index in [9.17, 15) is 19.5 Å². The van der Waals surface area contributed by atoms with Crippen LogP contribution in [0.1, 0.15) is 24.2 Å². The molecule has 0 unspecified atom stereocenters. The molecule has 3 N–H and O–H groups in total. The quantitative estimate of drug-likeness (QED) is 0.774. The number of carbonyl (C=O) groups excluding carboxylic acids is 2. The number of carbonyl (C=O) groups is 3. The minimum atomic E-state index is -0.966. The average Bonchev–Trinajstić information content (AvgIpc) is 2.88. The van der Waals surface area contributed by atoms with Crippen LogP contribution in [0, 0.1) is 17.3 Å². The fourth-order valence-corrected chi connectivity index (χ4v) is 3.08. The van der Waals surface area contributed by atoms with E-state index < -0.39 is 23.2 Å². The molecule has 1 aromatic heterocycles. The van der Waals surface area contributed by atoms with Gasteiger partial charge in [0.1, 0.15) is 6.26 Å². The molecule has 7 heteroatoms. The SMILES string of the molecule is CC1(C)[C@H](C(=O)O)[C@@H]1C(=O)Nc1cccc(NC(=O)c2ccoc2)c1. The number of rotatable bonds is 5. The molecule has 0 saturated heterocycles. The van der Waals surface area contributed by atoms with E-state index in [4.69, 9.17) is 4.42 Å². The molecule has 3 rings (SSSR count). The van der Waals surface area contributed by atoms with Crippen LogP contribution < -0.4 is 10.6 Å². The second-order valence-electron chi connectivity index (χ2n) is 6.65. The van der Waals surface area contributed by atoms with Gasteiger partial charge in [-0.05, 0) is 29.7 Å². The highest BCUT2D eigenvalue weighted by Crippen LogP contribution is 2.58. The third-order valence-electron chi connectivity index (χ3n) is 4.55. The zero-order valence-electron chi connectivity index (χ0n) is 13.8. The van der Waals surface area contributed by atoms with Crippen molar-refractivity contribution in [2.24, 2.45) is 17.3 Å². The normalized spacial score (nSPS) is 20.6.